The fourth-order valence-corrected chi connectivity index (χ4v) is 4.95. The van der Waals surface area contributed by atoms with E-state index < -0.39 is 23.9 Å². The van der Waals surface area contributed by atoms with Crippen molar-refractivity contribution in [3.8, 4) is 5.75 Å². The zero-order valence-corrected chi connectivity index (χ0v) is 22.1. The van der Waals surface area contributed by atoms with Gasteiger partial charge in [0.05, 0.1) is 25.3 Å². The molecule has 2 atom stereocenters. The number of hydrogen-bond donors (Lipinski definition) is 1. The molecule has 2 unspecified atom stereocenters. The van der Waals surface area contributed by atoms with E-state index in [9.17, 15) is 18.8 Å². The minimum atomic E-state index is -0.850. The Balaban J connectivity index is 1.59. The van der Waals surface area contributed by atoms with Gasteiger partial charge in [-0.25, -0.2) is 14.0 Å². The number of nitrogens with one attached hydrogen (secondary N) is 1. The summed E-state index contributed by atoms with van der Waals surface area (Å²) in [5.41, 5.74) is 1.76. The van der Waals surface area contributed by atoms with Crippen LogP contribution in [-0.4, -0.2) is 85.6 Å². The van der Waals surface area contributed by atoms with E-state index in [1.54, 1.807) is 51.4 Å². The van der Waals surface area contributed by atoms with E-state index >= 15 is 0 Å². The van der Waals surface area contributed by atoms with Crippen LogP contribution in [0.3, 0.4) is 0 Å². The molecule has 2 aliphatic rings. The normalized spacial score (nSPS) is 20.3. The van der Waals surface area contributed by atoms with Crippen LogP contribution in [-0.2, 0) is 9.53 Å². The van der Waals surface area contributed by atoms with Crippen molar-refractivity contribution < 1.29 is 28.2 Å². The molecule has 4 rings (SSSR count). The van der Waals surface area contributed by atoms with E-state index in [4.69, 9.17) is 9.47 Å². The molecule has 0 spiro atoms. The molecule has 2 aliphatic heterocycles. The standard InChI is InChI=1S/C28H33FN4O5/c1-5-38-27(35)24-23(31(3)28(36)30-25(24)19-8-6-10-21(29)14-19)17-32-12-13-33(18(2)16-32)26(34)20-9-7-11-22(15-20)37-4/h6-11,14-15,18,25H,5,12-13,16-17H2,1-4H3,(H,30,36). The monoisotopic (exact) mass is 524 g/mol. The molecule has 38 heavy (non-hydrogen) atoms. The summed E-state index contributed by atoms with van der Waals surface area (Å²) in [4.78, 5) is 44.6. The first-order chi connectivity index (χ1) is 18.2. The Morgan fingerprint density at radius 1 is 1.13 bits per heavy atom. The van der Waals surface area contributed by atoms with Gasteiger partial charge in [0.2, 0.25) is 0 Å². The molecule has 0 bridgehead atoms. The summed E-state index contributed by atoms with van der Waals surface area (Å²) in [6.07, 6.45) is 0. The highest BCUT2D eigenvalue weighted by molar-refractivity contribution is 5.96. The lowest BCUT2D eigenvalue weighted by molar-refractivity contribution is -0.139. The van der Waals surface area contributed by atoms with E-state index in [2.05, 4.69) is 10.2 Å². The molecular weight excluding hydrogens is 491 g/mol. The molecule has 2 aromatic carbocycles. The number of rotatable bonds is 7. The molecule has 2 aromatic rings. The number of esters is 1. The number of nitrogens with zero attached hydrogens (tertiary/aromatic N) is 3. The number of carbonyl (C=O) groups excluding carboxylic acids is 3. The van der Waals surface area contributed by atoms with Gasteiger partial charge in [-0.05, 0) is 49.7 Å². The number of methoxy groups -OCH3 is 1. The van der Waals surface area contributed by atoms with Gasteiger partial charge in [0.1, 0.15) is 11.6 Å². The third-order valence-electron chi connectivity index (χ3n) is 6.92. The van der Waals surface area contributed by atoms with Crippen molar-refractivity contribution in [2.75, 3.05) is 46.9 Å². The molecule has 3 amide bonds. The highest BCUT2D eigenvalue weighted by Gasteiger charge is 2.38. The molecule has 0 saturated carbocycles. The number of halogens is 1. The SMILES string of the molecule is CCOC(=O)C1=C(CN2CCN(C(=O)c3cccc(OC)c3)C(C)C2)N(C)C(=O)NC1c1cccc(F)c1. The Kier molecular flexibility index (Phi) is 8.31. The fraction of sp³-hybridized carbons (Fsp3) is 0.393. The Hall–Kier alpha value is -3.92. The Morgan fingerprint density at radius 3 is 2.58 bits per heavy atom. The van der Waals surface area contributed by atoms with Crippen molar-refractivity contribution in [2.24, 2.45) is 0 Å². The molecular formula is C28H33FN4O5. The summed E-state index contributed by atoms with van der Waals surface area (Å²) in [5.74, 6) is -0.496. The third kappa shape index (κ3) is 5.65. The average Bonchev–Trinajstić information content (AvgIpc) is 2.91. The van der Waals surface area contributed by atoms with Crippen LogP contribution in [0.1, 0.15) is 35.8 Å². The summed E-state index contributed by atoms with van der Waals surface area (Å²) in [6, 6.07) is 11.5. The van der Waals surface area contributed by atoms with Gasteiger partial charge in [0.25, 0.3) is 5.91 Å². The van der Waals surface area contributed by atoms with Crippen molar-refractivity contribution in [3.05, 3.63) is 76.7 Å². The van der Waals surface area contributed by atoms with E-state index in [0.717, 1.165) is 0 Å². The highest BCUT2D eigenvalue weighted by atomic mass is 19.1. The van der Waals surface area contributed by atoms with Crippen LogP contribution in [0, 0.1) is 5.82 Å². The maximum Gasteiger partial charge on any atom is 0.338 e. The molecule has 10 heteroatoms. The van der Waals surface area contributed by atoms with Crippen LogP contribution in [0.2, 0.25) is 0 Å². The number of ether oxygens (including phenoxy) is 2. The molecule has 0 aliphatic carbocycles. The predicted molar refractivity (Wildman–Crippen MR) is 139 cm³/mol. The van der Waals surface area contributed by atoms with Crippen LogP contribution in [0.25, 0.3) is 0 Å². The van der Waals surface area contributed by atoms with E-state index in [1.165, 1.54) is 23.1 Å². The topological polar surface area (TPSA) is 91.4 Å². The minimum absolute atomic E-state index is 0.0807. The second-order valence-electron chi connectivity index (χ2n) is 9.39. The minimum Gasteiger partial charge on any atom is -0.497 e. The first kappa shape index (κ1) is 27.1. The molecule has 1 fully saturated rings. The maximum atomic E-state index is 14.0. The zero-order valence-electron chi connectivity index (χ0n) is 22.1. The number of hydrogen-bond acceptors (Lipinski definition) is 6. The van der Waals surface area contributed by atoms with Gasteiger partial charge in [-0.2, -0.15) is 0 Å². The van der Waals surface area contributed by atoms with Crippen LogP contribution in [0.5, 0.6) is 5.75 Å². The largest absolute Gasteiger partial charge is 0.497 e. The molecule has 0 radical (unpaired) electrons. The predicted octanol–water partition coefficient (Wildman–Crippen LogP) is 3.19. The number of benzene rings is 2. The summed E-state index contributed by atoms with van der Waals surface area (Å²) in [7, 11) is 3.16. The second-order valence-corrected chi connectivity index (χ2v) is 9.39. The smallest absolute Gasteiger partial charge is 0.338 e. The Morgan fingerprint density at radius 2 is 1.89 bits per heavy atom. The van der Waals surface area contributed by atoms with Crippen molar-refractivity contribution in [2.45, 2.75) is 25.9 Å². The van der Waals surface area contributed by atoms with E-state index in [0.29, 0.717) is 42.2 Å². The van der Waals surface area contributed by atoms with Crippen molar-refractivity contribution in [1.82, 2.24) is 20.0 Å². The average molecular weight is 525 g/mol. The fourth-order valence-electron chi connectivity index (χ4n) is 4.95. The van der Waals surface area contributed by atoms with Gasteiger partial charge < -0.3 is 19.7 Å². The summed E-state index contributed by atoms with van der Waals surface area (Å²) in [5, 5.41) is 2.80. The van der Waals surface area contributed by atoms with Gasteiger partial charge in [-0.1, -0.05) is 18.2 Å². The molecule has 1 N–H and O–H groups in total. The Bertz CT molecular complexity index is 1250. The van der Waals surface area contributed by atoms with Crippen LogP contribution < -0.4 is 10.1 Å². The van der Waals surface area contributed by atoms with Gasteiger partial charge in [-0.3, -0.25) is 14.6 Å². The molecule has 2 heterocycles. The van der Waals surface area contributed by atoms with E-state index in [-0.39, 0.29) is 30.7 Å². The third-order valence-corrected chi connectivity index (χ3v) is 6.92. The van der Waals surface area contributed by atoms with Crippen molar-refractivity contribution in [1.29, 1.82) is 0 Å². The van der Waals surface area contributed by atoms with Crippen molar-refractivity contribution >= 4 is 17.9 Å². The first-order valence-corrected chi connectivity index (χ1v) is 12.6. The van der Waals surface area contributed by atoms with Gasteiger partial charge in [-0.15, -0.1) is 0 Å². The van der Waals surface area contributed by atoms with E-state index in [1.807, 2.05) is 11.8 Å². The first-order valence-electron chi connectivity index (χ1n) is 12.6. The second kappa shape index (κ2) is 11.6. The van der Waals surface area contributed by atoms with Gasteiger partial charge >= 0.3 is 12.0 Å². The zero-order chi connectivity index (χ0) is 27.4. The lowest BCUT2D eigenvalue weighted by atomic mass is 9.94. The number of carbonyl (C=O) groups is 3. The molecule has 9 nitrogen and oxygen atoms in total. The number of amides is 3. The number of urea groups is 1. The van der Waals surface area contributed by atoms with Crippen molar-refractivity contribution in [3.63, 3.8) is 0 Å². The lowest BCUT2D eigenvalue weighted by Crippen LogP contribution is -2.56. The molecule has 0 aromatic heterocycles. The van der Waals surface area contributed by atoms with Crippen LogP contribution in [0.15, 0.2) is 59.8 Å². The van der Waals surface area contributed by atoms with Gasteiger partial charge in [0, 0.05) is 50.5 Å². The summed E-state index contributed by atoms with van der Waals surface area (Å²) < 4.78 is 24.7. The highest BCUT2D eigenvalue weighted by Crippen LogP contribution is 2.32. The van der Waals surface area contributed by atoms with Crippen LogP contribution in [0.4, 0.5) is 9.18 Å². The molecule has 1 saturated heterocycles. The maximum absolute atomic E-state index is 14.0. The van der Waals surface area contributed by atoms with Crippen LogP contribution >= 0.6 is 0 Å². The van der Waals surface area contributed by atoms with Gasteiger partial charge in [0.15, 0.2) is 0 Å². The summed E-state index contributed by atoms with van der Waals surface area (Å²) >= 11 is 0. The quantitative estimate of drug-likeness (QED) is 0.560. The lowest BCUT2D eigenvalue weighted by Gasteiger charge is -2.42. The Labute approximate surface area is 221 Å². The number of likely N-dealkylation sites (N-methyl/N-ethyl adjacent to an activating group) is 1. The number of piperazine rings is 1. The molecule has 202 valence electrons. The summed E-state index contributed by atoms with van der Waals surface area (Å²) in [6.45, 7) is 5.68.